The van der Waals surface area contributed by atoms with E-state index in [1.165, 1.54) is 0 Å². The number of nitrogens with two attached hydrogens (primary N) is 1. The summed E-state index contributed by atoms with van der Waals surface area (Å²) in [6.07, 6.45) is 4.07. The summed E-state index contributed by atoms with van der Waals surface area (Å²) in [6, 6.07) is 0.187. The summed E-state index contributed by atoms with van der Waals surface area (Å²) in [7, 11) is 0. The first-order valence-electron chi connectivity index (χ1n) is 4.72. The van der Waals surface area contributed by atoms with Gasteiger partial charge in [0.25, 0.3) is 0 Å². The van der Waals surface area contributed by atoms with Crippen molar-refractivity contribution in [3.63, 3.8) is 0 Å². The third-order valence-corrected chi connectivity index (χ3v) is 3.38. The highest BCUT2D eigenvalue weighted by Crippen LogP contribution is 2.14. The van der Waals surface area contributed by atoms with E-state index in [0.29, 0.717) is 0 Å². The minimum Gasteiger partial charge on any atom is -0.340 e. The zero-order chi connectivity index (χ0) is 9.84. The smallest absolute Gasteiger partial charge is 0.235 e. The number of halogens is 1. The van der Waals surface area contributed by atoms with E-state index in [0.717, 1.165) is 25.9 Å². The van der Waals surface area contributed by atoms with E-state index in [1.54, 1.807) is 11.8 Å². The van der Waals surface area contributed by atoms with Gasteiger partial charge in [0.2, 0.25) is 5.91 Å². The van der Waals surface area contributed by atoms with E-state index in [2.05, 4.69) is 0 Å². The number of thioether (sulfide) groups is 1. The molecule has 84 valence electrons. The maximum absolute atomic E-state index is 11.7. The largest absolute Gasteiger partial charge is 0.340 e. The van der Waals surface area contributed by atoms with Crippen molar-refractivity contribution in [2.24, 2.45) is 5.73 Å². The molecule has 0 aliphatic carbocycles. The number of likely N-dealkylation sites (tertiary alicyclic amines) is 1. The summed E-state index contributed by atoms with van der Waals surface area (Å²) in [6.45, 7) is 3.58. The molecule has 5 heteroatoms. The lowest BCUT2D eigenvalue weighted by atomic mass is 10.1. The molecule has 2 unspecified atom stereocenters. The van der Waals surface area contributed by atoms with Crippen LogP contribution in [0, 0.1) is 0 Å². The Morgan fingerprint density at radius 1 is 1.64 bits per heavy atom. The molecule has 0 bridgehead atoms. The summed E-state index contributed by atoms with van der Waals surface area (Å²) in [5, 5.41) is 0.0744. The lowest BCUT2D eigenvalue weighted by Crippen LogP contribution is -2.48. The summed E-state index contributed by atoms with van der Waals surface area (Å²) in [4.78, 5) is 13.6. The highest BCUT2D eigenvalue weighted by molar-refractivity contribution is 7.99. The first kappa shape index (κ1) is 14.1. The fourth-order valence-corrected chi connectivity index (χ4v) is 1.92. The van der Waals surface area contributed by atoms with Crippen LogP contribution in [-0.4, -0.2) is 41.4 Å². The molecule has 1 amide bonds. The number of nitrogens with zero attached hydrogens (tertiary/aromatic N) is 1. The number of piperidine rings is 1. The molecule has 3 nitrogen and oxygen atoms in total. The Labute approximate surface area is 96.2 Å². The van der Waals surface area contributed by atoms with Gasteiger partial charge in [0.15, 0.2) is 0 Å². The molecule has 1 saturated heterocycles. The first-order valence-corrected chi connectivity index (χ1v) is 6.01. The molecule has 0 aromatic heterocycles. The van der Waals surface area contributed by atoms with Gasteiger partial charge in [-0.3, -0.25) is 4.79 Å². The molecule has 2 atom stereocenters. The molecule has 1 heterocycles. The minimum absolute atomic E-state index is 0. The predicted octanol–water partition coefficient (Wildman–Crippen LogP) is 1.11. The zero-order valence-electron chi connectivity index (χ0n) is 8.73. The summed E-state index contributed by atoms with van der Waals surface area (Å²) in [5.41, 5.74) is 5.80. The van der Waals surface area contributed by atoms with Crippen LogP contribution < -0.4 is 5.73 Å². The van der Waals surface area contributed by atoms with Crippen LogP contribution in [0.4, 0.5) is 0 Å². The van der Waals surface area contributed by atoms with Gasteiger partial charge in [-0.25, -0.2) is 0 Å². The second kappa shape index (κ2) is 6.53. The molecule has 0 radical (unpaired) electrons. The monoisotopic (exact) mass is 238 g/mol. The SMILES string of the molecule is CSC(C)C(=O)N1CCCC(N)C1.Cl. The summed E-state index contributed by atoms with van der Waals surface area (Å²) in [5.74, 6) is 0.239. The average Bonchev–Trinajstić information content (AvgIpc) is 2.15. The molecule has 1 fully saturated rings. The van der Waals surface area contributed by atoms with Crippen LogP contribution in [0.25, 0.3) is 0 Å². The van der Waals surface area contributed by atoms with Crippen molar-refractivity contribution in [3.05, 3.63) is 0 Å². The van der Waals surface area contributed by atoms with Crippen LogP contribution in [0.3, 0.4) is 0 Å². The van der Waals surface area contributed by atoms with Crippen LogP contribution >= 0.6 is 24.2 Å². The molecule has 2 N–H and O–H groups in total. The van der Waals surface area contributed by atoms with Crippen molar-refractivity contribution in [2.75, 3.05) is 19.3 Å². The first-order chi connectivity index (χ1) is 6.15. The van der Waals surface area contributed by atoms with Gasteiger partial charge in [0.1, 0.15) is 0 Å². The van der Waals surface area contributed by atoms with Crippen LogP contribution in [0.1, 0.15) is 19.8 Å². The van der Waals surface area contributed by atoms with Crippen molar-refractivity contribution in [1.82, 2.24) is 4.90 Å². The number of carbonyl (C=O) groups excluding carboxylic acids is 1. The van der Waals surface area contributed by atoms with E-state index in [4.69, 9.17) is 5.73 Å². The molecule has 1 rings (SSSR count). The second-order valence-corrected chi connectivity index (χ2v) is 4.74. The van der Waals surface area contributed by atoms with Crippen molar-refractivity contribution in [3.8, 4) is 0 Å². The van der Waals surface area contributed by atoms with E-state index >= 15 is 0 Å². The molecule has 1 aliphatic heterocycles. The quantitative estimate of drug-likeness (QED) is 0.784. The van der Waals surface area contributed by atoms with Gasteiger partial charge in [0.05, 0.1) is 5.25 Å². The van der Waals surface area contributed by atoms with Crippen LogP contribution in [0.5, 0.6) is 0 Å². The van der Waals surface area contributed by atoms with Gasteiger partial charge < -0.3 is 10.6 Å². The highest BCUT2D eigenvalue weighted by atomic mass is 35.5. The highest BCUT2D eigenvalue weighted by Gasteiger charge is 2.24. The normalized spacial score (nSPS) is 23.9. The Balaban J connectivity index is 0.00000169. The third kappa shape index (κ3) is 3.67. The maximum Gasteiger partial charge on any atom is 0.235 e. The van der Waals surface area contributed by atoms with E-state index in [9.17, 15) is 4.79 Å². The van der Waals surface area contributed by atoms with Crippen LogP contribution in [-0.2, 0) is 4.79 Å². The minimum atomic E-state index is 0. The Bertz CT molecular complexity index is 192. The van der Waals surface area contributed by atoms with Gasteiger partial charge in [-0.15, -0.1) is 12.4 Å². The molecule has 0 saturated carbocycles. The predicted molar refractivity (Wildman–Crippen MR) is 64.0 cm³/mol. The number of hydrogen-bond donors (Lipinski definition) is 1. The van der Waals surface area contributed by atoms with Crippen LogP contribution in [0.15, 0.2) is 0 Å². The van der Waals surface area contributed by atoms with E-state index < -0.39 is 0 Å². The van der Waals surface area contributed by atoms with E-state index in [-0.39, 0.29) is 29.6 Å². The van der Waals surface area contributed by atoms with Gasteiger partial charge in [-0.1, -0.05) is 0 Å². The molecule has 1 aliphatic rings. The lowest BCUT2D eigenvalue weighted by molar-refractivity contribution is -0.131. The Kier molecular flexibility index (Phi) is 6.57. The zero-order valence-corrected chi connectivity index (χ0v) is 10.4. The van der Waals surface area contributed by atoms with Crippen molar-refractivity contribution < 1.29 is 4.79 Å². The number of rotatable bonds is 2. The topological polar surface area (TPSA) is 46.3 Å². The molecule has 14 heavy (non-hydrogen) atoms. The molecule has 0 aromatic carbocycles. The molecular weight excluding hydrogens is 220 g/mol. The van der Waals surface area contributed by atoms with Gasteiger partial charge in [-0.2, -0.15) is 11.8 Å². The van der Waals surface area contributed by atoms with E-state index in [1.807, 2.05) is 18.1 Å². The fraction of sp³-hybridized carbons (Fsp3) is 0.889. The standard InChI is InChI=1S/C9H18N2OS.ClH/c1-7(13-2)9(12)11-5-3-4-8(10)6-11;/h7-8H,3-6,10H2,1-2H3;1H. The van der Waals surface area contributed by atoms with Gasteiger partial charge in [0, 0.05) is 19.1 Å². The van der Waals surface area contributed by atoms with Crippen LogP contribution in [0.2, 0.25) is 0 Å². The third-order valence-electron chi connectivity index (χ3n) is 2.47. The van der Waals surface area contributed by atoms with Crippen molar-refractivity contribution in [1.29, 1.82) is 0 Å². The number of carbonyl (C=O) groups is 1. The fourth-order valence-electron chi connectivity index (χ4n) is 1.57. The Hall–Kier alpha value is 0.0700. The van der Waals surface area contributed by atoms with Gasteiger partial charge >= 0.3 is 0 Å². The Morgan fingerprint density at radius 3 is 2.79 bits per heavy atom. The average molecular weight is 239 g/mol. The molecule has 0 aromatic rings. The number of amides is 1. The molecule has 0 spiro atoms. The van der Waals surface area contributed by atoms with Crippen molar-refractivity contribution in [2.45, 2.75) is 31.1 Å². The Morgan fingerprint density at radius 2 is 2.29 bits per heavy atom. The molecular formula is C9H19ClN2OS. The summed E-state index contributed by atoms with van der Waals surface area (Å²) < 4.78 is 0. The lowest BCUT2D eigenvalue weighted by Gasteiger charge is -2.32. The van der Waals surface area contributed by atoms with Gasteiger partial charge in [-0.05, 0) is 26.0 Å². The summed E-state index contributed by atoms with van der Waals surface area (Å²) >= 11 is 1.60. The maximum atomic E-state index is 11.7. The number of hydrogen-bond acceptors (Lipinski definition) is 3. The van der Waals surface area contributed by atoms with Crippen molar-refractivity contribution >= 4 is 30.1 Å². The second-order valence-electron chi connectivity index (χ2n) is 3.56.